The Balaban J connectivity index is 1.79. The number of nitrogens with zero attached hydrogens (tertiary/aromatic N) is 2. The van der Waals surface area contributed by atoms with Crippen LogP contribution in [0.4, 0.5) is 10.6 Å². The molecule has 7 heteroatoms. The van der Waals surface area contributed by atoms with Crippen LogP contribution in [0.1, 0.15) is 32.4 Å². The molecule has 0 spiro atoms. The molecule has 2 rings (SSSR count). The highest BCUT2D eigenvalue weighted by atomic mass is 16.2. The number of amides is 3. The van der Waals surface area contributed by atoms with Crippen molar-refractivity contribution >= 4 is 17.8 Å². The molecule has 0 radical (unpaired) electrons. The van der Waals surface area contributed by atoms with Crippen LogP contribution in [0.15, 0.2) is 18.2 Å². The smallest absolute Gasteiger partial charge is 0.321 e. The van der Waals surface area contributed by atoms with Crippen LogP contribution in [0.2, 0.25) is 0 Å². The van der Waals surface area contributed by atoms with E-state index in [-0.39, 0.29) is 11.9 Å². The van der Waals surface area contributed by atoms with Gasteiger partial charge in [-0.1, -0.05) is 6.07 Å². The molecule has 2 heterocycles. The van der Waals surface area contributed by atoms with E-state index in [1.54, 1.807) is 0 Å². The normalized spacial score (nSPS) is 17.1. The van der Waals surface area contributed by atoms with Crippen molar-refractivity contribution in [2.24, 2.45) is 0 Å². The van der Waals surface area contributed by atoms with Gasteiger partial charge in [0.05, 0.1) is 6.04 Å². The summed E-state index contributed by atoms with van der Waals surface area (Å²) in [7, 11) is 0. The highest BCUT2D eigenvalue weighted by molar-refractivity contribution is 5.96. The van der Waals surface area contributed by atoms with Gasteiger partial charge in [-0.25, -0.2) is 9.78 Å². The molecule has 0 bridgehead atoms. The van der Waals surface area contributed by atoms with Crippen molar-refractivity contribution in [3.63, 3.8) is 0 Å². The molecule has 1 saturated heterocycles. The number of hydrogen-bond donors (Lipinski definition) is 3. The molecular formula is C17H27N5O2. The third-order valence-corrected chi connectivity index (χ3v) is 4.27. The maximum absolute atomic E-state index is 12.1. The maximum atomic E-state index is 12.1. The molecule has 1 aliphatic heterocycles. The second kappa shape index (κ2) is 8.63. The van der Waals surface area contributed by atoms with Gasteiger partial charge in [0.15, 0.2) is 0 Å². The van der Waals surface area contributed by atoms with Gasteiger partial charge in [0.25, 0.3) is 0 Å². The number of rotatable bonds is 5. The number of anilines is 1. The minimum Gasteiger partial charge on any atom is -0.367 e. The first-order chi connectivity index (χ1) is 11.5. The van der Waals surface area contributed by atoms with Crippen LogP contribution < -0.4 is 16.0 Å². The summed E-state index contributed by atoms with van der Waals surface area (Å²) in [5.41, 5.74) is 0.994. The molecule has 0 saturated carbocycles. The summed E-state index contributed by atoms with van der Waals surface area (Å²) in [6.45, 7) is 7.75. The summed E-state index contributed by atoms with van der Waals surface area (Å²) in [4.78, 5) is 30.1. The zero-order chi connectivity index (χ0) is 17.5. The molecule has 7 nitrogen and oxygen atoms in total. The van der Waals surface area contributed by atoms with Crippen LogP contribution in [-0.4, -0.2) is 53.5 Å². The Morgan fingerprint density at radius 1 is 1.33 bits per heavy atom. The van der Waals surface area contributed by atoms with Crippen LogP contribution >= 0.6 is 0 Å². The van der Waals surface area contributed by atoms with Gasteiger partial charge in [0.1, 0.15) is 5.82 Å². The van der Waals surface area contributed by atoms with Crippen molar-refractivity contribution in [3.8, 4) is 0 Å². The fourth-order valence-electron chi connectivity index (χ4n) is 2.85. The number of pyridine rings is 1. The van der Waals surface area contributed by atoms with Crippen molar-refractivity contribution in [2.75, 3.05) is 25.0 Å². The molecule has 1 fully saturated rings. The zero-order valence-electron chi connectivity index (χ0n) is 14.6. The van der Waals surface area contributed by atoms with Gasteiger partial charge in [0, 0.05) is 31.4 Å². The molecule has 1 atom stereocenters. The summed E-state index contributed by atoms with van der Waals surface area (Å²) in [5, 5.41) is 8.40. The monoisotopic (exact) mass is 333 g/mol. The second-order valence-electron chi connectivity index (χ2n) is 6.14. The minimum absolute atomic E-state index is 0.257. The Morgan fingerprint density at radius 3 is 2.67 bits per heavy atom. The van der Waals surface area contributed by atoms with Crippen LogP contribution in [0, 0.1) is 6.92 Å². The molecule has 0 unspecified atom stereocenters. The van der Waals surface area contributed by atoms with E-state index in [4.69, 9.17) is 0 Å². The van der Waals surface area contributed by atoms with Gasteiger partial charge < -0.3 is 10.6 Å². The van der Waals surface area contributed by atoms with Crippen LogP contribution in [0.3, 0.4) is 0 Å². The Morgan fingerprint density at radius 2 is 2.04 bits per heavy atom. The van der Waals surface area contributed by atoms with Crippen molar-refractivity contribution in [1.29, 1.82) is 0 Å². The number of urea groups is 1. The summed E-state index contributed by atoms with van der Waals surface area (Å²) in [6, 6.07) is 5.55. The number of likely N-dealkylation sites (tertiary alicyclic amines) is 1. The fourth-order valence-corrected chi connectivity index (χ4v) is 2.85. The van der Waals surface area contributed by atoms with Gasteiger partial charge in [0.2, 0.25) is 5.91 Å². The fraction of sp³-hybridized carbons (Fsp3) is 0.588. The average molecular weight is 333 g/mol. The quantitative estimate of drug-likeness (QED) is 0.760. The number of hydrogen-bond acceptors (Lipinski definition) is 5. The van der Waals surface area contributed by atoms with E-state index >= 15 is 0 Å². The molecule has 3 amide bonds. The molecule has 3 N–H and O–H groups in total. The summed E-state index contributed by atoms with van der Waals surface area (Å²) < 4.78 is 0. The van der Waals surface area contributed by atoms with Crippen molar-refractivity contribution < 1.29 is 9.59 Å². The highest BCUT2D eigenvalue weighted by Gasteiger charge is 2.27. The van der Waals surface area contributed by atoms with Crippen LogP contribution in [-0.2, 0) is 4.79 Å². The number of carbonyl (C=O) groups excluding carboxylic acids is 2. The molecule has 24 heavy (non-hydrogen) atoms. The number of nitrogens with one attached hydrogen (secondary N) is 3. The molecular weight excluding hydrogens is 306 g/mol. The number of aromatic nitrogens is 1. The third kappa shape index (κ3) is 5.19. The Labute approximate surface area is 143 Å². The lowest BCUT2D eigenvalue weighted by Gasteiger charge is -2.35. The lowest BCUT2D eigenvalue weighted by atomic mass is 10.0. The summed E-state index contributed by atoms with van der Waals surface area (Å²) in [5.74, 6) is 0.642. The Kier molecular flexibility index (Phi) is 6.54. The number of imide groups is 1. The van der Waals surface area contributed by atoms with E-state index in [1.807, 2.05) is 39.0 Å². The zero-order valence-corrected chi connectivity index (χ0v) is 14.6. The van der Waals surface area contributed by atoms with E-state index < -0.39 is 6.03 Å². The van der Waals surface area contributed by atoms with E-state index in [0.29, 0.717) is 12.6 Å². The SMILES string of the molecule is CCNC(=O)NC(=O)[C@H](C)N1CCC(Nc2cccc(C)n2)CC1. The molecule has 1 aliphatic rings. The van der Waals surface area contributed by atoms with Crippen molar-refractivity contribution in [1.82, 2.24) is 20.5 Å². The third-order valence-electron chi connectivity index (χ3n) is 4.27. The standard InChI is InChI=1S/C17H27N5O2/c1-4-18-17(24)21-16(23)13(3)22-10-8-14(9-11-22)20-15-7-5-6-12(2)19-15/h5-7,13-14H,4,8-11H2,1-3H3,(H,19,20)(H2,18,21,23,24)/t13-/m0/s1. The predicted molar refractivity (Wildman–Crippen MR) is 93.9 cm³/mol. The maximum Gasteiger partial charge on any atom is 0.321 e. The topological polar surface area (TPSA) is 86.4 Å². The predicted octanol–water partition coefficient (Wildman–Crippen LogP) is 1.50. The van der Waals surface area contributed by atoms with Gasteiger partial charge >= 0.3 is 6.03 Å². The van der Waals surface area contributed by atoms with E-state index in [2.05, 4.69) is 25.8 Å². The lowest BCUT2D eigenvalue weighted by molar-refractivity contribution is -0.125. The first-order valence-corrected chi connectivity index (χ1v) is 8.52. The van der Waals surface area contributed by atoms with Gasteiger partial charge in [-0.2, -0.15) is 0 Å². The highest BCUT2D eigenvalue weighted by Crippen LogP contribution is 2.17. The van der Waals surface area contributed by atoms with Crippen LogP contribution in [0.5, 0.6) is 0 Å². The van der Waals surface area contributed by atoms with Crippen molar-refractivity contribution in [2.45, 2.75) is 45.7 Å². The van der Waals surface area contributed by atoms with E-state index in [9.17, 15) is 9.59 Å². The molecule has 1 aromatic rings. The number of aryl methyl sites for hydroxylation is 1. The summed E-state index contributed by atoms with van der Waals surface area (Å²) in [6.07, 6.45) is 1.88. The number of carbonyl (C=O) groups is 2. The molecule has 1 aromatic heterocycles. The average Bonchev–Trinajstić information content (AvgIpc) is 2.55. The lowest BCUT2D eigenvalue weighted by Crippen LogP contribution is -2.52. The Hall–Kier alpha value is -2.15. The van der Waals surface area contributed by atoms with Gasteiger partial charge in [-0.05, 0) is 45.7 Å². The van der Waals surface area contributed by atoms with E-state index in [0.717, 1.165) is 37.4 Å². The van der Waals surface area contributed by atoms with E-state index in [1.165, 1.54) is 0 Å². The van der Waals surface area contributed by atoms with Gasteiger partial charge in [-0.15, -0.1) is 0 Å². The molecule has 0 aromatic carbocycles. The molecule has 0 aliphatic carbocycles. The minimum atomic E-state index is -0.434. The molecule has 132 valence electrons. The Bertz CT molecular complexity index is 570. The first kappa shape index (κ1) is 18.2. The first-order valence-electron chi connectivity index (χ1n) is 8.52. The van der Waals surface area contributed by atoms with Crippen molar-refractivity contribution in [3.05, 3.63) is 23.9 Å². The second-order valence-corrected chi connectivity index (χ2v) is 6.14. The van der Waals surface area contributed by atoms with Crippen LogP contribution in [0.25, 0.3) is 0 Å². The van der Waals surface area contributed by atoms with Gasteiger partial charge in [-0.3, -0.25) is 15.0 Å². The largest absolute Gasteiger partial charge is 0.367 e. The number of piperidine rings is 1. The summed E-state index contributed by atoms with van der Waals surface area (Å²) >= 11 is 0.